The lowest BCUT2D eigenvalue weighted by molar-refractivity contribution is 0.0305. The van der Waals surface area contributed by atoms with E-state index in [9.17, 15) is 0 Å². The van der Waals surface area contributed by atoms with E-state index in [0.29, 0.717) is 11.0 Å². The van der Waals surface area contributed by atoms with Gasteiger partial charge in [0.15, 0.2) is 0 Å². The Morgan fingerprint density at radius 3 is 2.21 bits per heavy atom. The molecule has 1 aliphatic heterocycles. The van der Waals surface area contributed by atoms with E-state index >= 15 is 0 Å². The van der Waals surface area contributed by atoms with E-state index in [0.717, 1.165) is 18.4 Å². The maximum atomic E-state index is 6.20. The molecule has 112 valence electrons. The largest absolute Gasteiger partial charge is 0.329 e. The second-order valence-corrected chi connectivity index (χ2v) is 8.07. The third-order valence-corrected chi connectivity index (χ3v) is 6.03. The summed E-state index contributed by atoms with van der Waals surface area (Å²) >= 11 is 0. The Labute approximate surface area is 120 Å². The molecule has 0 amide bonds. The molecule has 19 heavy (non-hydrogen) atoms. The summed E-state index contributed by atoms with van der Waals surface area (Å²) in [6.45, 7) is 12.9. The van der Waals surface area contributed by atoms with Crippen LogP contribution < -0.4 is 5.73 Å². The first-order valence-electron chi connectivity index (χ1n) is 8.36. The third kappa shape index (κ3) is 3.16. The monoisotopic (exact) mass is 266 g/mol. The van der Waals surface area contributed by atoms with Crippen LogP contribution >= 0.6 is 0 Å². The van der Waals surface area contributed by atoms with Gasteiger partial charge in [-0.05, 0) is 62.4 Å². The fourth-order valence-electron chi connectivity index (χ4n) is 4.38. The van der Waals surface area contributed by atoms with Gasteiger partial charge in [0.1, 0.15) is 0 Å². The Morgan fingerprint density at radius 2 is 1.79 bits per heavy atom. The minimum absolute atomic E-state index is 0.351. The predicted molar refractivity (Wildman–Crippen MR) is 83.2 cm³/mol. The van der Waals surface area contributed by atoms with Crippen LogP contribution in [-0.4, -0.2) is 30.1 Å². The van der Waals surface area contributed by atoms with Crippen LogP contribution in [0.2, 0.25) is 0 Å². The van der Waals surface area contributed by atoms with Gasteiger partial charge in [0.05, 0.1) is 0 Å². The van der Waals surface area contributed by atoms with Crippen molar-refractivity contribution in [1.82, 2.24) is 4.90 Å². The highest BCUT2D eigenvalue weighted by molar-refractivity contribution is 5.00. The van der Waals surface area contributed by atoms with Crippen LogP contribution in [0, 0.1) is 17.3 Å². The number of nitrogens with zero attached hydrogens (tertiary/aromatic N) is 1. The van der Waals surface area contributed by atoms with Gasteiger partial charge in [-0.1, -0.05) is 34.1 Å². The van der Waals surface area contributed by atoms with Crippen molar-refractivity contribution < 1.29 is 0 Å². The van der Waals surface area contributed by atoms with Crippen molar-refractivity contribution >= 4 is 0 Å². The van der Waals surface area contributed by atoms with Crippen molar-refractivity contribution in [3.8, 4) is 0 Å². The molecule has 2 aliphatic rings. The average Bonchev–Trinajstić information content (AvgIpc) is 2.83. The molecule has 2 atom stereocenters. The number of hydrogen-bond acceptors (Lipinski definition) is 2. The minimum atomic E-state index is 0.351. The SMILES string of the molecule is CCC1CCC(CN)(N2CCC(C(C)(C)C)CC2)C1. The smallest absolute Gasteiger partial charge is 0.0334 e. The van der Waals surface area contributed by atoms with Crippen LogP contribution in [0.15, 0.2) is 0 Å². The first-order valence-corrected chi connectivity index (χ1v) is 8.36. The molecule has 1 aliphatic carbocycles. The lowest BCUT2D eigenvalue weighted by Crippen LogP contribution is -2.55. The Balaban J connectivity index is 1.96. The van der Waals surface area contributed by atoms with Crippen molar-refractivity contribution in [2.45, 2.75) is 71.8 Å². The maximum absolute atomic E-state index is 6.20. The van der Waals surface area contributed by atoms with Crippen molar-refractivity contribution in [2.75, 3.05) is 19.6 Å². The van der Waals surface area contributed by atoms with E-state index in [2.05, 4.69) is 32.6 Å². The molecule has 2 unspecified atom stereocenters. The van der Waals surface area contributed by atoms with Gasteiger partial charge in [0.25, 0.3) is 0 Å². The summed E-state index contributed by atoms with van der Waals surface area (Å²) in [5.74, 6) is 1.81. The lowest BCUT2D eigenvalue weighted by Gasteiger charge is -2.47. The molecular weight excluding hydrogens is 232 g/mol. The predicted octanol–water partition coefficient (Wildman–Crippen LogP) is 3.65. The molecule has 1 heterocycles. The fraction of sp³-hybridized carbons (Fsp3) is 1.00. The van der Waals surface area contributed by atoms with Crippen LogP contribution in [-0.2, 0) is 0 Å². The summed E-state index contributed by atoms with van der Waals surface area (Å²) in [4.78, 5) is 2.75. The molecule has 0 aromatic carbocycles. The zero-order valence-corrected chi connectivity index (χ0v) is 13.5. The summed E-state index contributed by atoms with van der Waals surface area (Å²) in [7, 11) is 0. The maximum Gasteiger partial charge on any atom is 0.0334 e. The van der Waals surface area contributed by atoms with Crippen LogP contribution in [0.3, 0.4) is 0 Å². The number of likely N-dealkylation sites (tertiary alicyclic amines) is 1. The third-order valence-electron chi connectivity index (χ3n) is 6.03. The van der Waals surface area contributed by atoms with Crippen LogP contribution in [0.1, 0.15) is 66.2 Å². The van der Waals surface area contributed by atoms with Crippen molar-refractivity contribution in [3.05, 3.63) is 0 Å². The molecule has 2 fully saturated rings. The minimum Gasteiger partial charge on any atom is -0.329 e. The Kier molecular flexibility index (Phi) is 4.62. The highest BCUT2D eigenvalue weighted by atomic mass is 15.2. The van der Waals surface area contributed by atoms with E-state index < -0.39 is 0 Å². The van der Waals surface area contributed by atoms with E-state index in [1.54, 1.807) is 0 Å². The molecule has 2 N–H and O–H groups in total. The molecule has 2 nitrogen and oxygen atoms in total. The first kappa shape index (κ1) is 15.3. The molecule has 2 rings (SSSR count). The van der Waals surface area contributed by atoms with Gasteiger partial charge in [-0.2, -0.15) is 0 Å². The van der Waals surface area contributed by atoms with Crippen molar-refractivity contribution in [1.29, 1.82) is 0 Å². The summed E-state index contributed by atoms with van der Waals surface area (Å²) in [6.07, 6.45) is 8.14. The molecule has 0 radical (unpaired) electrons. The van der Waals surface area contributed by atoms with Crippen LogP contribution in [0.4, 0.5) is 0 Å². The van der Waals surface area contributed by atoms with E-state index in [1.807, 2.05) is 0 Å². The summed E-state index contributed by atoms with van der Waals surface area (Å²) < 4.78 is 0. The quantitative estimate of drug-likeness (QED) is 0.845. The van der Waals surface area contributed by atoms with Gasteiger partial charge in [-0.3, -0.25) is 4.90 Å². The fourth-order valence-corrected chi connectivity index (χ4v) is 4.38. The highest BCUT2D eigenvalue weighted by Gasteiger charge is 2.43. The van der Waals surface area contributed by atoms with Gasteiger partial charge in [0.2, 0.25) is 0 Å². The molecule has 0 spiro atoms. The normalized spacial score (nSPS) is 34.9. The highest BCUT2D eigenvalue weighted by Crippen LogP contribution is 2.43. The molecule has 0 aromatic heterocycles. The van der Waals surface area contributed by atoms with Crippen molar-refractivity contribution in [3.63, 3.8) is 0 Å². The molecule has 1 saturated heterocycles. The number of piperidine rings is 1. The van der Waals surface area contributed by atoms with E-state index in [-0.39, 0.29) is 0 Å². The molecule has 0 aromatic rings. The zero-order valence-electron chi connectivity index (χ0n) is 13.5. The standard InChI is InChI=1S/C17H34N2/c1-5-14-6-9-17(12-14,13-18)19-10-7-15(8-11-19)16(2,3)4/h14-15H,5-13,18H2,1-4H3. The number of hydrogen-bond donors (Lipinski definition) is 1. The number of nitrogens with two attached hydrogens (primary N) is 1. The summed E-state index contributed by atoms with van der Waals surface area (Å²) in [6, 6.07) is 0. The second-order valence-electron chi connectivity index (χ2n) is 8.07. The van der Waals surface area contributed by atoms with Gasteiger partial charge in [-0.15, -0.1) is 0 Å². The molecule has 2 heteroatoms. The second kappa shape index (κ2) is 5.73. The lowest BCUT2D eigenvalue weighted by atomic mass is 9.74. The van der Waals surface area contributed by atoms with Gasteiger partial charge >= 0.3 is 0 Å². The summed E-state index contributed by atoms with van der Waals surface area (Å²) in [5, 5.41) is 0. The molecule has 0 bridgehead atoms. The first-order chi connectivity index (χ1) is 8.91. The molecular formula is C17H34N2. The van der Waals surface area contributed by atoms with E-state index in [1.165, 1.54) is 51.6 Å². The Hall–Kier alpha value is -0.0800. The van der Waals surface area contributed by atoms with E-state index in [4.69, 9.17) is 5.73 Å². The summed E-state index contributed by atoms with van der Waals surface area (Å²) in [5.41, 5.74) is 7.02. The Bertz CT molecular complexity index is 286. The number of rotatable bonds is 3. The van der Waals surface area contributed by atoms with Gasteiger partial charge < -0.3 is 5.73 Å². The van der Waals surface area contributed by atoms with Gasteiger partial charge in [0, 0.05) is 12.1 Å². The Morgan fingerprint density at radius 1 is 1.16 bits per heavy atom. The van der Waals surface area contributed by atoms with Crippen LogP contribution in [0.25, 0.3) is 0 Å². The average molecular weight is 266 g/mol. The van der Waals surface area contributed by atoms with Gasteiger partial charge in [-0.25, -0.2) is 0 Å². The van der Waals surface area contributed by atoms with Crippen molar-refractivity contribution in [2.24, 2.45) is 23.0 Å². The molecule has 1 saturated carbocycles. The topological polar surface area (TPSA) is 29.3 Å². The van der Waals surface area contributed by atoms with Crippen LogP contribution in [0.5, 0.6) is 0 Å². The zero-order chi connectivity index (χ0) is 14.1.